The summed E-state index contributed by atoms with van der Waals surface area (Å²) in [6, 6.07) is 8.15. The third-order valence-corrected chi connectivity index (χ3v) is 4.55. The van der Waals surface area contributed by atoms with Crippen molar-refractivity contribution in [2.75, 3.05) is 18.5 Å². The molecule has 1 aromatic carbocycles. The Morgan fingerprint density at radius 2 is 1.70 bits per heavy atom. The number of likely N-dealkylation sites (tertiary alicyclic amines) is 1. The van der Waals surface area contributed by atoms with Crippen molar-refractivity contribution in [2.45, 2.75) is 12.8 Å². The lowest BCUT2D eigenvalue weighted by atomic mass is 9.85. The monoisotopic (exact) mass is 367 g/mol. The third-order valence-electron chi connectivity index (χ3n) is 4.55. The van der Waals surface area contributed by atoms with Gasteiger partial charge in [0.1, 0.15) is 6.54 Å². The number of nitrogens with zero attached hydrogens (tertiary/aromatic N) is 2. The molecule has 8 heteroatoms. The minimum Gasteiger partial charge on any atom is -0.454 e. The van der Waals surface area contributed by atoms with E-state index in [9.17, 15) is 19.2 Å². The van der Waals surface area contributed by atoms with Gasteiger partial charge in [-0.1, -0.05) is 12.2 Å². The Balaban J connectivity index is 1.48. The van der Waals surface area contributed by atoms with Crippen LogP contribution >= 0.6 is 0 Å². The van der Waals surface area contributed by atoms with Gasteiger partial charge < -0.3 is 10.1 Å². The summed E-state index contributed by atoms with van der Waals surface area (Å²) >= 11 is 0. The molecule has 0 bridgehead atoms. The fourth-order valence-electron chi connectivity index (χ4n) is 3.17. The lowest BCUT2D eigenvalue weighted by Crippen LogP contribution is -2.37. The van der Waals surface area contributed by atoms with Crippen molar-refractivity contribution in [3.63, 3.8) is 0 Å². The van der Waals surface area contributed by atoms with Crippen LogP contribution in [0.5, 0.6) is 0 Å². The van der Waals surface area contributed by atoms with Gasteiger partial charge in [-0.25, -0.2) is 0 Å². The predicted octanol–water partition coefficient (Wildman–Crippen LogP) is 0.991. The highest BCUT2D eigenvalue weighted by Crippen LogP contribution is 2.34. The number of carbonyl (C=O) groups excluding carboxylic acids is 4. The first kappa shape index (κ1) is 18.3. The molecular weight excluding hydrogens is 350 g/mol. The number of anilines is 1. The Morgan fingerprint density at radius 1 is 1.11 bits per heavy atom. The fourth-order valence-corrected chi connectivity index (χ4v) is 3.17. The van der Waals surface area contributed by atoms with Crippen molar-refractivity contribution in [2.24, 2.45) is 11.8 Å². The highest BCUT2D eigenvalue weighted by Gasteiger charge is 2.47. The molecule has 3 rings (SSSR count). The molecule has 8 nitrogen and oxygen atoms in total. The average Bonchev–Trinajstić information content (AvgIpc) is 2.92. The highest BCUT2D eigenvalue weighted by atomic mass is 16.5. The van der Waals surface area contributed by atoms with E-state index in [0.717, 1.165) is 4.90 Å². The van der Waals surface area contributed by atoms with E-state index >= 15 is 0 Å². The molecule has 2 atom stereocenters. The zero-order valence-electron chi connectivity index (χ0n) is 14.4. The summed E-state index contributed by atoms with van der Waals surface area (Å²) in [5.41, 5.74) is 0.909. The van der Waals surface area contributed by atoms with Crippen molar-refractivity contribution in [3.05, 3.63) is 42.0 Å². The topological polar surface area (TPSA) is 117 Å². The minimum atomic E-state index is -0.821. The Hall–Kier alpha value is -3.47. The lowest BCUT2D eigenvalue weighted by molar-refractivity contribution is -0.154. The third kappa shape index (κ3) is 4.03. The Kier molecular flexibility index (Phi) is 5.31. The van der Waals surface area contributed by atoms with Gasteiger partial charge in [0, 0.05) is 5.69 Å². The van der Waals surface area contributed by atoms with Gasteiger partial charge in [-0.3, -0.25) is 24.1 Å². The summed E-state index contributed by atoms with van der Waals surface area (Å²) in [4.78, 5) is 49.2. The average molecular weight is 367 g/mol. The van der Waals surface area contributed by atoms with Gasteiger partial charge >= 0.3 is 5.97 Å². The molecule has 27 heavy (non-hydrogen) atoms. The first-order chi connectivity index (χ1) is 13.0. The molecule has 138 valence electrons. The smallest absolute Gasteiger partial charge is 0.326 e. The molecule has 1 saturated heterocycles. The zero-order valence-corrected chi connectivity index (χ0v) is 14.4. The van der Waals surface area contributed by atoms with Crippen LogP contribution in [0.15, 0.2) is 36.4 Å². The standard InChI is InChI=1S/C19H17N3O5/c20-9-12-5-7-13(8-6-12)21-16(23)11-27-17(24)10-22-18(25)14-3-1-2-4-15(14)19(22)26/h1-2,5-8,14-15H,3-4,10-11H2,(H,21,23)/t14-,15-/m0/s1. The van der Waals surface area contributed by atoms with E-state index in [0.29, 0.717) is 24.1 Å². The molecule has 3 amide bonds. The summed E-state index contributed by atoms with van der Waals surface area (Å²) in [5, 5.41) is 11.2. The van der Waals surface area contributed by atoms with Gasteiger partial charge in [0.25, 0.3) is 5.91 Å². The van der Waals surface area contributed by atoms with Crippen LogP contribution in [0.25, 0.3) is 0 Å². The number of carbonyl (C=O) groups is 4. The van der Waals surface area contributed by atoms with E-state index in [2.05, 4.69) is 5.32 Å². The van der Waals surface area contributed by atoms with Crippen molar-refractivity contribution in [1.29, 1.82) is 5.26 Å². The number of benzene rings is 1. The maximum atomic E-state index is 12.3. The summed E-state index contributed by atoms with van der Waals surface area (Å²) in [6.07, 6.45) is 4.71. The van der Waals surface area contributed by atoms with E-state index in [4.69, 9.17) is 10.00 Å². The van der Waals surface area contributed by atoms with E-state index in [1.807, 2.05) is 18.2 Å². The number of allylic oxidation sites excluding steroid dienone is 2. The van der Waals surface area contributed by atoms with Crippen molar-refractivity contribution in [1.82, 2.24) is 4.90 Å². The molecule has 0 radical (unpaired) electrons. The number of hydrogen-bond donors (Lipinski definition) is 1. The molecular formula is C19H17N3O5. The molecule has 1 aromatic rings. The number of ether oxygens (including phenoxy) is 1. The van der Waals surface area contributed by atoms with Gasteiger partial charge in [-0.2, -0.15) is 5.26 Å². The molecule has 0 saturated carbocycles. The second-order valence-electron chi connectivity index (χ2n) is 6.32. The van der Waals surface area contributed by atoms with Gasteiger partial charge in [0.05, 0.1) is 23.5 Å². The number of amides is 3. The van der Waals surface area contributed by atoms with Crippen LogP contribution in [0.3, 0.4) is 0 Å². The lowest BCUT2D eigenvalue weighted by Gasteiger charge is -2.14. The Bertz CT molecular complexity index is 827. The van der Waals surface area contributed by atoms with Gasteiger partial charge in [0.15, 0.2) is 6.61 Å². The van der Waals surface area contributed by atoms with Crippen LogP contribution < -0.4 is 5.32 Å². The zero-order chi connectivity index (χ0) is 19.4. The van der Waals surface area contributed by atoms with Gasteiger partial charge in [0.2, 0.25) is 11.8 Å². The molecule has 0 unspecified atom stereocenters. The summed E-state index contributed by atoms with van der Waals surface area (Å²) in [5.74, 6) is -2.94. The number of imide groups is 1. The molecule has 1 heterocycles. The summed E-state index contributed by atoms with van der Waals surface area (Å²) in [6.45, 7) is -1.03. The van der Waals surface area contributed by atoms with Crippen LogP contribution in [0, 0.1) is 23.2 Å². The Morgan fingerprint density at radius 3 is 2.26 bits per heavy atom. The maximum absolute atomic E-state index is 12.3. The number of esters is 1. The highest BCUT2D eigenvalue weighted by molar-refractivity contribution is 6.07. The van der Waals surface area contributed by atoms with Crippen molar-refractivity contribution < 1.29 is 23.9 Å². The molecule has 1 aliphatic carbocycles. The van der Waals surface area contributed by atoms with Crippen LogP contribution in [0.4, 0.5) is 5.69 Å². The summed E-state index contributed by atoms with van der Waals surface area (Å²) < 4.78 is 4.87. The number of nitriles is 1. The van der Waals surface area contributed by atoms with E-state index < -0.39 is 36.9 Å². The molecule has 0 aromatic heterocycles. The van der Waals surface area contributed by atoms with Crippen LogP contribution in [0.1, 0.15) is 18.4 Å². The second-order valence-corrected chi connectivity index (χ2v) is 6.32. The number of fused-ring (bicyclic) bond motifs is 1. The normalized spacial score (nSPS) is 20.8. The van der Waals surface area contributed by atoms with E-state index in [1.54, 1.807) is 24.3 Å². The number of hydrogen-bond acceptors (Lipinski definition) is 6. The Labute approximate surface area is 155 Å². The van der Waals surface area contributed by atoms with Gasteiger partial charge in [-0.05, 0) is 37.1 Å². The van der Waals surface area contributed by atoms with Crippen molar-refractivity contribution in [3.8, 4) is 6.07 Å². The fraction of sp³-hybridized carbons (Fsp3) is 0.316. The molecule has 0 spiro atoms. The van der Waals surface area contributed by atoms with Crippen LogP contribution in [-0.4, -0.2) is 41.7 Å². The minimum absolute atomic E-state index is 0.367. The van der Waals surface area contributed by atoms with Crippen LogP contribution in [-0.2, 0) is 23.9 Å². The predicted molar refractivity (Wildman–Crippen MR) is 92.8 cm³/mol. The second kappa shape index (κ2) is 7.83. The quantitative estimate of drug-likeness (QED) is 0.471. The molecule has 1 aliphatic heterocycles. The van der Waals surface area contributed by atoms with E-state index in [-0.39, 0.29) is 11.8 Å². The van der Waals surface area contributed by atoms with Gasteiger partial charge in [-0.15, -0.1) is 0 Å². The largest absolute Gasteiger partial charge is 0.454 e. The molecule has 2 aliphatic rings. The number of rotatable bonds is 5. The van der Waals surface area contributed by atoms with Crippen LogP contribution in [0.2, 0.25) is 0 Å². The maximum Gasteiger partial charge on any atom is 0.326 e. The first-order valence-corrected chi connectivity index (χ1v) is 8.45. The van der Waals surface area contributed by atoms with Crippen molar-refractivity contribution >= 4 is 29.4 Å². The molecule has 1 fully saturated rings. The summed E-state index contributed by atoms with van der Waals surface area (Å²) in [7, 11) is 0. The number of nitrogens with one attached hydrogen (secondary N) is 1. The SMILES string of the molecule is N#Cc1ccc(NC(=O)COC(=O)CN2C(=O)[C@H]3CC=CC[C@@H]3C2=O)cc1. The first-order valence-electron chi connectivity index (χ1n) is 8.45. The molecule has 1 N–H and O–H groups in total. The van der Waals surface area contributed by atoms with E-state index in [1.165, 1.54) is 0 Å².